The van der Waals surface area contributed by atoms with E-state index in [1.165, 1.54) is 19.3 Å². The smallest absolute Gasteiger partial charge is 0.143 e. The van der Waals surface area contributed by atoms with Crippen LogP contribution in [0.15, 0.2) is 36.9 Å². The van der Waals surface area contributed by atoms with Crippen LogP contribution in [0, 0.1) is 5.92 Å². The fourth-order valence-corrected chi connectivity index (χ4v) is 2.81. The second kappa shape index (κ2) is 7.34. The van der Waals surface area contributed by atoms with Crippen LogP contribution in [0.25, 0.3) is 0 Å². The lowest BCUT2D eigenvalue weighted by Crippen LogP contribution is -2.37. The van der Waals surface area contributed by atoms with Crippen LogP contribution in [0.2, 0.25) is 0 Å². The molecule has 1 N–H and O–H groups in total. The Morgan fingerprint density at radius 2 is 1.75 bits per heavy atom. The Hall–Kier alpha value is -1.48. The van der Waals surface area contributed by atoms with Crippen LogP contribution in [0.4, 0.5) is 0 Å². The molecule has 0 unspecified atom stereocenters. The molecule has 2 atom stereocenters. The van der Waals surface area contributed by atoms with Gasteiger partial charge in [0.25, 0.3) is 0 Å². The summed E-state index contributed by atoms with van der Waals surface area (Å²) in [5.74, 6) is 1.84. The summed E-state index contributed by atoms with van der Waals surface area (Å²) < 4.78 is 11.0. The van der Waals surface area contributed by atoms with Gasteiger partial charge in [-0.3, -0.25) is 0 Å². The van der Waals surface area contributed by atoms with E-state index >= 15 is 0 Å². The molecule has 1 aromatic carbocycles. The SMILES string of the molecule is C=C[C@@H](Oc1ccc(OC)cc1)[C@H](O)C1CCCCC1. The quantitative estimate of drug-likeness (QED) is 0.807. The third kappa shape index (κ3) is 3.76. The Kier molecular flexibility index (Phi) is 5.48. The van der Waals surface area contributed by atoms with Gasteiger partial charge in [-0.15, -0.1) is 0 Å². The number of methoxy groups -OCH3 is 1. The van der Waals surface area contributed by atoms with Gasteiger partial charge in [0.2, 0.25) is 0 Å². The van der Waals surface area contributed by atoms with Gasteiger partial charge in [0, 0.05) is 0 Å². The van der Waals surface area contributed by atoms with E-state index in [2.05, 4.69) is 6.58 Å². The van der Waals surface area contributed by atoms with Crippen LogP contribution >= 0.6 is 0 Å². The van der Waals surface area contributed by atoms with Gasteiger partial charge in [-0.2, -0.15) is 0 Å². The first-order chi connectivity index (χ1) is 9.74. The minimum atomic E-state index is -0.477. The highest BCUT2D eigenvalue weighted by molar-refractivity contribution is 5.31. The zero-order valence-electron chi connectivity index (χ0n) is 12.1. The first-order valence-electron chi connectivity index (χ1n) is 7.36. The van der Waals surface area contributed by atoms with Crippen molar-refractivity contribution in [3.63, 3.8) is 0 Å². The summed E-state index contributed by atoms with van der Waals surface area (Å²) >= 11 is 0. The maximum atomic E-state index is 10.5. The Morgan fingerprint density at radius 3 is 2.30 bits per heavy atom. The standard InChI is InChI=1S/C17H24O3/c1-3-16(17(18)13-7-5-4-6-8-13)20-15-11-9-14(19-2)10-12-15/h3,9-13,16-18H,1,4-8H2,2H3/t16-,17-/m1/s1. The molecular weight excluding hydrogens is 252 g/mol. The molecule has 1 aromatic rings. The van der Waals surface area contributed by atoms with Gasteiger partial charge in [0.1, 0.15) is 17.6 Å². The predicted molar refractivity (Wildman–Crippen MR) is 80.2 cm³/mol. The van der Waals surface area contributed by atoms with Crippen molar-refractivity contribution in [2.45, 2.75) is 44.3 Å². The molecule has 0 aliphatic heterocycles. The summed E-state index contributed by atoms with van der Waals surface area (Å²) in [6, 6.07) is 7.40. The lowest BCUT2D eigenvalue weighted by molar-refractivity contribution is 0.00793. The van der Waals surface area contributed by atoms with Gasteiger partial charge >= 0.3 is 0 Å². The Labute approximate surface area is 121 Å². The highest BCUT2D eigenvalue weighted by Crippen LogP contribution is 2.29. The molecule has 3 nitrogen and oxygen atoms in total. The van der Waals surface area contributed by atoms with Gasteiger partial charge in [-0.25, -0.2) is 0 Å². The predicted octanol–water partition coefficient (Wildman–Crippen LogP) is 3.57. The fourth-order valence-electron chi connectivity index (χ4n) is 2.81. The average molecular weight is 276 g/mol. The van der Waals surface area contributed by atoms with E-state index in [-0.39, 0.29) is 6.10 Å². The fraction of sp³-hybridized carbons (Fsp3) is 0.529. The highest BCUT2D eigenvalue weighted by atomic mass is 16.5. The number of hydrogen-bond acceptors (Lipinski definition) is 3. The molecule has 1 aliphatic carbocycles. The third-order valence-corrected chi connectivity index (χ3v) is 4.03. The van der Waals surface area contributed by atoms with Gasteiger partial charge in [-0.1, -0.05) is 25.8 Å². The monoisotopic (exact) mass is 276 g/mol. The maximum Gasteiger partial charge on any atom is 0.143 e. The summed E-state index contributed by atoms with van der Waals surface area (Å²) in [5, 5.41) is 10.5. The molecule has 0 amide bonds. The topological polar surface area (TPSA) is 38.7 Å². The zero-order valence-corrected chi connectivity index (χ0v) is 12.1. The first kappa shape index (κ1) is 14.9. The van der Waals surface area contributed by atoms with E-state index in [0.29, 0.717) is 5.92 Å². The zero-order chi connectivity index (χ0) is 14.4. The van der Waals surface area contributed by atoms with Crippen molar-refractivity contribution in [1.82, 2.24) is 0 Å². The average Bonchev–Trinajstić information content (AvgIpc) is 2.53. The highest BCUT2D eigenvalue weighted by Gasteiger charge is 2.28. The van der Waals surface area contributed by atoms with Gasteiger partial charge in [0.15, 0.2) is 0 Å². The molecule has 0 radical (unpaired) electrons. The molecule has 2 rings (SSSR count). The minimum Gasteiger partial charge on any atom is -0.497 e. The van der Waals surface area contributed by atoms with Crippen LogP contribution in [0.5, 0.6) is 11.5 Å². The van der Waals surface area contributed by atoms with Crippen molar-refractivity contribution < 1.29 is 14.6 Å². The third-order valence-electron chi connectivity index (χ3n) is 4.03. The minimum absolute atomic E-state index is 0.324. The molecule has 0 saturated heterocycles. The van der Waals surface area contributed by atoms with Crippen molar-refractivity contribution in [2.24, 2.45) is 5.92 Å². The molecule has 0 heterocycles. The maximum absolute atomic E-state index is 10.5. The number of aliphatic hydroxyl groups is 1. The summed E-state index contributed by atoms with van der Waals surface area (Å²) in [6.45, 7) is 3.80. The Bertz CT molecular complexity index is 407. The molecule has 1 fully saturated rings. The number of benzene rings is 1. The Balaban J connectivity index is 1.97. The second-order valence-electron chi connectivity index (χ2n) is 5.38. The Morgan fingerprint density at radius 1 is 1.15 bits per heavy atom. The number of hydrogen-bond donors (Lipinski definition) is 1. The molecule has 0 aromatic heterocycles. The molecular formula is C17H24O3. The van der Waals surface area contributed by atoms with Crippen LogP contribution in [-0.4, -0.2) is 24.4 Å². The van der Waals surface area contributed by atoms with E-state index in [0.717, 1.165) is 24.3 Å². The van der Waals surface area contributed by atoms with Crippen molar-refractivity contribution in [1.29, 1.82) is 0 Å². The van der Waals surface area contributed by atoms with Crippen molar-refractivity contribution in [3.05, 3.63) is 36.9 Å². The summed E-state index contributed by atoms with van der Waals surface area (Å²) in [5.41, 5.74) is 0. The van der Waals surface area contributed by atoms with Crippen LogP contribution < -0.4 is 9.47 Å². The van der Waals surface area contributed by atoms with Crippen LogP contribution in [0.3, 0.4) is 0 Å². The summed E-state index contributed by atoms with van der Waals surface area (Å²) in [4.78, 5) is 0. The lowest BCUT2D eigenvalue weighted by atomic mass is 9.83. The van der Waals surface area contributed by atoms with Gasteiger partial charge < -0.3 is 14.6 Å². The summed E-state index contributed by atoms with van der Waals surface area (Å²) in [7, 11) is 1.63. The normalized spacial score (nSPS) is 19.1. The van der Waals surface area contributed by atoms with Gasteiger partial charge in [0.05, 0.1) is 13.2 Å². The molecule has 1 saturated carbocycles. The van der Waals surface area contributed by atoms with E-state index in [4.69, 9.17) is 9.47 Å². The first-order valence-corrected chi connectivity index (χ1v) is 7.36. The molecule has 110 valence electrons. The number of ether oxygens (including phenoxy) is 2. The van der Waals surface area contributed by atoms with Crippen molar-refractivity contribution in [3.8, 4) is 11.5 Å². The van der Waals surface area contributed by atoms with Crippen LogP contribution in [0.1, 0.15) is 32.1 Å². The molecule has 0 spiro atoms. The molecule has 20 heavy (non-hydrogen) atoms. The van der Waals surface area contributed by atoms with Crippen molar-refractivity contribution in [2.75, 3.05) is 7.11 Å². The van der Waals surface area contributed by atoms with E-state index in [1.807, 2.05) is 24.3 Å². The lowest BCUT2D eigenvalue weighted by Gasteiger charge is -2.31. The van der Waals surface area contributed by atoms with E-state index in [9.17, 15) is 5.11 Å². The second-order valence-corrected chi connectivity index (χ2v) is 5.38. The van der Waals surface area contributed by atoms with Gasteiger partial charge in [-0.05, 0) is 49.1 Å². The number of aliphatic hydroxyl groups excluding tert-OH is 1. The summed E-state index contributed by atoms with van der Waals surface area (Å²) in [6.07, 6.45) is 6.71. The molecule has 0 bridgehead atoms. The van der Waals surface area contributed by atoms with E-state index < -0.39 is 6.10 Å². The number of rotatable bonds is 6. The molecule has 1 aliphatic rings. The van der Waals surface area contributed by atoms with Crippen LogP contribution in [-0.2, 0) is 0 Å². The van der Waals surface area contributed by atoms with E-state index in [1.54, 1.807) is 13.2 Å². The largest absolute Gasteiger partial charge is 0.497 e. The molecule has 3 heteroatoms. The van der Waals surface area contributed by atoms with Crippen molar-refractivity contribution >= 4 is 0 Å².